The van der Waals surface area contributed by atoms with E-state index in [2.05, 4.69) is 10.3 Å². The molecule has 7 heteroatoms. The summed E-state index contributed by atoms with van der Waals surface area (Å²) in [5.74, 6) is -1.07. The van der Waals surface area contributed by atoms with Crippen LogP contribution >= 0.6 is 11.6 Å². The Balaban J connectivity index is 1.66. The van der Waals surface area contributed by atoms with Crippen LogP contribution in [-0.4, -0.2) is 28.7 Å². The van der Waals surface area contributed by atoms with Gasteiger partial charge in [0.2, 0.25) is 11.7 Å². The Morgan fingerprint density at radius 2 is 1.61 bits per heavy atom. The highest BCUT2D eigenvalue weighted by Crippen LogP contribution is 2.20. The minimum Gasteiger partial charge on any atom is -0.451 e. The molecule has 1 atom stereocenters. The second-order valence-electron chi connectivity index (χ2n) is 8.23. The highest BCUT2D eigenvalue weighted by atomic mass is 35.5. The number of pyridine rings is 1. The Morgan fingerprint density at radius 3 is 2.26 bits per heavy atom. The number of amides is 1. The monoisotopic (exact) mass is 438 g/mol. The van der Waals surface area contributed by atoms with Crippen molar-refractivity contribution in [2.75, 3.05) is 5.32 Å². The van der Waals surface area contributed by atoms with Gasteiger partial charge < -0.3 is 10.1 Å². The zero-order valence-electron chi connectivity index (χ0n) is 17.7. The molecule has 0 spiro atoms. The van der Waals surface area contributed by atoms with Gasteiger partial charge in [-0.05, 0) is 61.5 Å². The fraction of sp³-hybridized carbons (Fsp3) is 0.250. The van der Waals surface area contributed by atoms with E-state index in [1.807, 2.05) is 20.8 Å². The molecule has 3 rings (SSSR count). The number of carbonyl (C=O) groups is 3. The molecular weight excluding hydrogens is 416 g/mol. The smallest absolute Gasteiger partial charge is 0.338 e. The maximum absolute atomic E-state index is 12.7. The molecule has 0 aliphatic heterocycles. The van der Waals surface area contributed by atoms with Crippen molar-refractivity contribution in [1.29, 1.82) is 0 Å². The molecular formula is C24H23ClN2O4. The predicted molar refractivity (Wildman–Crippen MR) is 120 cm³/mol. The molecule has 1 unspecified atom stereocenters. The first-order valence-electron chi connectivity index (χ1n) is 9.77. The van der Waals surface area contributed by atoms with Gasteiger partial charge in [0.25, 0.3) is 0 Å². The van der Waals surface area contributed by atoms with Gasteiger partial charge in [0.1, 0.15) is 5.15 Å². The fourth-order valence-corrected chi connectivity index (χ4v) is 2.93. The number of hydrogen-bond acceptors (Lipinski definition) is 5. The van der Waals surface area contributed by atoms with Crippen LogP contribution in [0.2, 0.25) is 5.15 Å². The highest BCUT2D eigenvalue weighted by Gasteiger charge is 2.23. The molecule has 1 heterocycles. The number of esters is 1. The summed E-state index contributed by atoms with van der Waals surface area (Å²) < 4.78 is 5.36. The van der Waals surface area contributed by atoms with E-state index in [0.717, 1.165) is 5.39 Å². The lowest BCUT2D eigenvalue weighted by atomic mass is 9.95. The number of nitrogens with one attached hydrogen (secondary N) is 1. The first-order chi connectivity index (χ1) is 14.5. The normalized spacial score (nSPS) is 12.3. The van der Waals surface area contributed by atoms with Gasteiger partial charge in [0, 0.05) is 22.1 Å². The number of nitrogens with zero attached hydrogens (tertiary/aromatic N) is 1. The van der Waals surface area contributed by atoms with Crippen LogP contribution in [0, 0.1) is 5.41 Å². The number of Topliss-reactive ketones (excluding diaryl/α,β-unsaturated/α-hetero) is 1. The fourth-order valence-electron chi connectivity index (χ4n) is 2.78. The van der Waals surface area contributed by atoms with E-state index in [0.29, 0.717) is 27.5 Å². The van der Waals surface area contributed by atoms with E-state index < -0.39 is 17.5 Å². The Kier molecular flexibility index (Phi) is 6.41. The van der Waals surface area contributed by atoms with Gasteiger partial charge in [-0.1, -0.05) is 32.4 Å². The Bertz CT molecular complexity index is 1150. The van der Waals surface area contributed by atoms with Gasteiger partial charge in [0.05, 0.1) is 11.1 Å². The highest BCUT2D eigenvalue weighted by molar-refractivity contribution is 6.29. The summed E-state index contributed by atoms with van der Waals surface area (Å²) in [5, 5.41) is 3.91. The quantitative estimate of drug-likeness (QED) is 0.332. The third-order valence-electron chi connectivity index (χ3n) is 4.65. The van der Waals surface area contributed by atoms with Crippen molar-refractivity contribution in [3.8, 4) is 0 Å². The molecule has 31 heavy (non-hydrogen) atoms. The van der Waals surface area contributed by atoms with Crippen molar-refractivity contribution < 1.29 is 19.1 Å². The molecule has 6 nitrogen and oxygen atoms in total. The van der Waals surface area contributed by atoms with Crippen LogP contribution in [0.4, 0.5) is 5.69 Å². The minimum absolute atomic E-state index is 0.123. The van der Waals surface area contributed by atoms with Crippen molar-refractivity contribution in [2.45, 2.75) is 33.8 Å². The van der Waals surface area contributed by atoms with Crippen LogP contribution < -0.4 is 5.32 Å². The van der Waals surface area contributed by atoms with Gasteiger partial charge in [-0.2, -0.15) is 0 Å². The van der Waals surface area contributed by atoms with Crippen molar-refractivity contribution in [2.24, 2.45) is 5.41 Å². The largest absolute Gasteiger partial charge is 0.451 e. The molecule has 1 N–H and O–H groups in total. The van der Waals surface area contributed by atoms with E-state index >= 15 is 0 Å². The number of fused-ring (bicyclic) bond motifs is 1. The zero-order valence-corrected chi connectivity index (χ0v) is 18.5. The van der Waals surface area contributed by atoms with Crippen LogP contribution in [0.25, 0.3) is 10.9 Å². The summed E-state index contributed by atoms with van der Waals surface area (Å²) in [4.78, 5) is 41.4. The maximum Gasteiger partial charge on any atom is 0.338 e. The number of ether oxygens (including phenoxy) is 1. The summed E-state index contributed by atoms with van der Waals surface area (Å²) in [6.07, 6.45) is -0.971. The summed E-state index contributed by atoms with van der Waals surface area (Å²) in [7, 11) is 0. The van der Waals surface area contributed by atoms with Crippen molar-refractivity contribution in [1.82, 2.24) is 4.98 Å². The number of aromatic nitrogens is 1. The Morgan fingerprint density at radius 1 is 0.968 bits per heavy atom. The number of halogens is 1. The summed E-state index contributed by atoms with van der Waals surface area (Å²) in [5.41, 5.74) is 1.42. The zero-order chi connectivity index (χ0) is 22.8. The third kappa shape index (κ3) is 5.47. The summed E-state index contributed by atoms with van der Waals surface area (Å²) >= 11 is 5.88. The standard InChI is InChI=1S/C24H23ClN2O4/c1-14(21(28)15-5-9-18(10-6-15)26-23(30)24(2,3)4)31-22(29)17-7-11-19-16(13-17)8-12-20(25)27-19/h5-14H,1-4H3,(H,26,30). The topological polar surface area (TPSA) is 85.4 Å². The van der Waals surface area contributed by atoms with E-state index in [-0.39, 0.29) is 11.7 Å². The molecule has 0 bridgehead atoms. The maximum atomic E-state index is 12.7. The van der Waals surface area contributed by atoms with Crippen LogP contribution in [-0.2, 0) is 9.53 Å². The lowest BCUT2D eigenvalue weighted by Crippen LogP contribution is -2.27. The number of ketones is 1. The number of benzene rings is 2. The SMILES string of the molecule is CC(OC(=O)c1ccc2nc(Cl)ccc2c1)C(=O)c1ccc(NC(=O)C(C)(C)C)cc1. The van der Waals surface area contributed by atoms with Crippen LogP contribution in [0.15, 0.2) is 54.6 Å². The molecule has 0 radical (unpaired) electrons. The van der Waals surface area contributed by atoms with Crippen LogP contribution in [0.1, 0.15) is 48.4 Å². The van der Waals surface area contributed by atoms with E-state index in [1.165, 1.54) is 6.92 Å². The van der Waals surface area contributed by atoms with Crippen molar-refractivity contribution in [3.63, 3.8) is 0 Å². The summed E-state index contributed by atoms with van der Waals surface area (Å²) in [6.45, 7) is 6.98. The second-order valence-corrected chi connectivity index (χ2v) is 8.62. The lowest BCUT2D eigenvalue weighted by Gasteiger charge is -2.18. The average Bonchev–Trinajstić information content (AvgIpc) is 2.72. The molecule has 2 aromatic carbocycles. The van der Waals surface area contributed by atoms with Crippen molar-refractivity contribution >= 4 is 45.9 Å². The third-order valence-corrected chi connectivity index (χ3v) is 4.86. The van der Waals surface area contributed by atoms with E-state index in [1.54, 1.807) is 54.6 Å². The molecule has 0 aliphatic rings. The molecule has 0 aliphatic carbocycles. The second kappa shape index (κ2) is 8.86. The molecule has 3 aromatic rings. The van der Waals surface area contributed by atoms with Gasteiger partial charge in [0.15, 0.2) is 6.10 Å². The predicted octanol–water partition coefficient (Wildman–Crippen LogP) is 5.30. The number of anilines is 1. The number of carbonyl (C=O) groups excluding carboxylic acids is 3. The first kappa shape index (κ1) is 22.4. The molecule has 0 fully saturated rings. The van der Waals surface area contributed by atoms with Gasteiger partial charge in [-0.15, -0.1) is 0 Å². The molecule has 0 saturated carbocycles. The molecule has 1 amide bonds. The van der Waals surface area contributed by atoms with Gasteiger partial charge in [-0.3, -0.25) is 9.59 Å². The molecule has 1 aromatic heterocycles. The Hall–Kier alpha value is -3.25. The van der Waals surface area contributed by atoms with E-state index in [9.17, 15) is 14.4 Å². The number of hydrogen-bond donors (Lipinski definition) is 1. The van der Waals surface area contributed by atoms with Crippen molar-refractivity contribution in [3.05, 3.63) is 70.9 Å². The average molecular weight is 439 g/mol. The van der Waals surface area contributed by atoms with Gasteiger partial charge in [-0.25, -0.2) is 9.78 Å². The molecule has 160 valence electrons. The van der Waals surface area contributed by atoms with E-state index in [4.69, 9.17) is 16.3 Å². The van der Waals surface area contributed by atoms with Crippen LogP contribution in [0.3, 0.4) is 0 Å². The molecule has 0 saturated heterocycles. The van der Waals surface area contributed by atoms with Gasteiger partial charge >= 0.3 is 5.97 Å². The Labute approximate surface area is 185 Å². The van der Waals surface area contributed by atoms with Crippen LogP contribution in [0.5, 0.6) is 0 Å². The lowest BCUT2D eigenvalue weighted by molar-refractivity contribution is -0.123. The number of rotatable bonds is 5. The summed E-state index contributed by atoms with van der Waals surface area (Å²) in [6, 6.07) is 14.8. The minimum atomic E-state index is -0.971. The first-order valence-corrected chi connectivity index (χ1v) is 10.2.